The van der Waals surface area contributed by atoms with Gasteiger partial charge in [0.1, 0.15) is 0 Å². The molecule has 3 heteroatoms. The van der Waals surface area contributed by atoms with Crippen molar-refractivity contribution in [1.29, 1.82) is 0 Å². The van der Waals surface area contributed by atoms with E-state index in [0.717, 1.165) is 6.92 Å². The highest BCUT2D eigenvalue weighted by molar-refractivity contribution is 5.60. The van der Waals surface area contributed by atoms with E-state index in [2.05, 4.69) is 27.7 Å². The summed E-state index contributed by atoms with van der Waals surface area (Å²) in [4.78, 5) is 8.89. The molecule has 33 heavy (non-hydrogen) atoms. The molecule has 0 aromatic carbocycles. The van der Waals surface area contributed by atoms with Crippen molar-refractivity contribution >= 4 is 5.97 Å². The molecule has 0 aromatic heterocycles. The summed E-state index contributed by atoms with van der Waals surface area (Å²) in [6.45, 7) is 16.0. The van der Waals surface area contributed by atoms with Gasteiger partial charge in [0.2, 0.25) is 0 Å². The van der Waals surface area contributed by atoms with Gasteiger partial charge < -0.3 is 14.4 Å². The van der Waals surface area contributed by atoms with Gasteiger partial charge in [0.15, 0.2) is 0 Å². The Morgan fingerprint density at radius 3 is 0.909 bits per heavy atom. The third kappa shape index (κ3) is 27.6. The fourth-order valence-electron chi connectivity index (χ4n) is 4.84. The molecule has 0 amide bonds. The van der Waals surface area contributed by atoms with Gasteiger partial charge in [-0.25, -0.2) is 0 Å². The first-order chi connectivity index (χ1) is 16.0. The van der Waals surface area contributed by atoms with Crippen LogP contribution in [0, 0.1) is 0 Å². The van der Waals surface area contributed by atoms with Crippen molar-refractivity contribution in [3.05, 3.63) is 0 Å². The molecule has 0 rings (SSSR count). The van der Waals surface area contributed by atoms with Crippen molar-refractivity contribution < 1.29 is 14.4 Å². The molecule has 0 unspecified atom stereocenters. The number of hydrogen-bond donors (Lipinski definition) is 0. The maximum atomic E-state index is 8.89. The molecule has 0 heterocycles. The predicted molar refractivity (Wildman–Crippen MR) is 145 cm³/mol. The first-order valence-electron chi connectivity index (χ1n) is 15.0. The van der Waals surface area contributed by atoms with Gasteiger partial charge >= 0.3 is 0 Å². The van der Waals surface area contributed by atoms with Crippen LogP contribution in [-0.4, -0.2) is 36.6 Å². The first-order valence-corrected chi connectivity index (χ1v) is 15.0. The van der Waals surface area contributed by atoms with Crippen LogP contribution in [0.5, 0.6) is 0 Å². The van der Waals surface area contributed by atoms with Gasteiger partial charge in [0.25, 0.3) is 0 Å². The van der Waals surface area contributed by atoms with Crippen molar-refractivity contribution in [3.63, 3.8) is 0 Å². The number of quaternary nitrogens is 1. The Bertz CT molecular complexity index is 349. The normalized spacial score (nSPS) is 11.3. The van der Waals surface area contributed by atoms with Crippen LogP contribution in [0.3, 0.4) is 0 Å². The maximum absolute atomic E-state index is 8.89. The average molecular weight is 470 g/mol. The van der Waals surface area contributed by atoms with Crippen LogP contribution in [0.25, 0.3) is 0 Å². The largest absolute Gasteiger partial charge is 0.550 e. The molecular formula is C30H63NO2. The number of carbonyl (C=O) groups excluding carboxylic acids is 1. The summed E-state index contributed by atoms with van der Waals surface area (Å²) < 4.78 is 1.38. The lowest BCUT2D eigenvalue weighted by atomic mass is 10.1. The molecule has 0 atom stereocenters. The lowest BCUT2D eigenvalue weighted by Gasteiger charge is -2.37. The van der Waals surface area contributed by atoms with Crippen molar-refractivity contribution in [3.8, 4) is 0 Å². The smallest absolute Gasteiger partial charge is 0.0786 e. The number of nitrogens with zero attached hydrogens (tertiary/aromatic N) is 1. The van der Waals surface area contributed by atoms with Gasteiger partial charge in [-0.2, -0.15) is 0 Å². The van der Waals surface area contributed by atoms with Crippen LogP contribution in [0.2, 0.25) is 0 Å². The Balaban J connectivity index is 0. The van der Waals surface area contributed by atoms with Gasteiger partial charge in [-0.3, -0.25) is 0 Å². The van der Waals surface area contributed by atoms with E-state index in [-0.39, 0.29) is 0 Å². The van der Waals surface area contributed by atoms with Gasteiger partial charge in [-0.15, -0.1) is 0 Å². The molecule has 0 saturated carbocycles. The molecule has 0 saturated heterocycles. The number of aliphatic carboxylic acids is 1. The molecule has 0 aromatic rings. The highest BCUT2D eigenvalue weighted by Gasteiger charge is 2.21. The third-order valence-electron chi connectivity index (χ3n) is 7.31. The van der Waals surface area contributed by atoms with E-state index in [0.29, 0.717) is 0 Å². The van der Waals surface area contributed by atoms with Crippen LogP contribution in [0.1, 0.15) is 163 Å². The molecule has 0 spiro atoms. The van der Waals surface area contributed by atoms with E-state index < -0.39 is 5.97 Å². The van der Waals surface area contributed by atoms with Gasteiger partial charge in [-0.1, -0.05) is 117 Å². The van der Waals surface area contributed by atoms with E-state index in [9.17, 15) is 0 Å². The SMILES string of the molecule is CC(=O)[O-].CCCCCCCCCCCC[N+](CC)(CC)CCCCCCCCCCCC. The number of unbranched alkanes of at least 4 members (excludes halogenated alkanes) is 18. The standard InChI is InChI=1S/C28H60N.C2H4O2/c1-5-9-11-13-15-17-19-21-23-25-27-29(7-3,8-4)28-26-24-22-20-18-16-14-12-10-6-2;1-2(3)4/h5-28H2,1-4H3;1H3,(H,3,4)/q+1;/p-1. The Kier molecular flexibility index (Phi) is 29.0. The zero-order valence-electron chi connectivity index (χ0n) is 23.7. The fourth-order valence-corrected chi connectivity index (χ4v) is 4.84. The minimum absolute atomic E-state index is 0.972. The summed E-state index contributed by atoms with van der Waals surface area (Å²) in [6, 6.07) is 0. The number of carbonyl (C=O) groups is 1. The molecule has 200 valence electrons. The quantitative estimate of drug-likeness (QED) is 0.105. The molecule has 0 radical (unpaired) electrons. The maximum Gasteiger partial charge on any atom is 0.0786 e. The highest BCUT2D eigenvalue weighted by atomic mass is 16.4. The predicted octanol–water partition coefficient (Wildman–Crippen LogP) is 8.44. The van der Waals surface area contributed by atoms with E-state index in [4.69, 9.17) is 9.90 Å². The van der Waals surface area contributed by atoms with Gasteiger partial charge in [0.05, 0.1) is 26.2 Å². The highest BCUT2D eigenvalue weighted by Crippen LogP contribution is 2.16. The average Bonchev–Trinajstić information content (AvgIpc) is 2.80. The number of carboxylic acid groups (broad SMARTS) is 1. The Hall–Kier alpha value is -0.570. The van der Waals surface area contributed by atoms with Gasteiger partial charge in [0, 0.05) is 5.97 Å². The lowest BCUT2D eigenvalue weighted by Crippen LogP contribution is -2.49. The van der Waals surface area contributed by atoms with Crippen LogP contribution in [0.4, 0.5) is 0 Å². The first kappa shape index (κ1) is 34.6. The zero-order chi connectivity index (χ0) is 25.0. The van der Waals surface area contributed by atoms with Crippen LogP contribution in [0.15, 0.2) is 0 Å². The van der Waals surface area contributed by atoms with E-state index in [1.54, 1.807) is 0 Å². The van der Waals surface area contributed by atoms with E-state index in [1.165, 1.54) is 159 Å². The Morgan fingerprint density at radius 1 is 0.485 bits per heavy atom. The second-order valence-electron chi connectivity index (χ2n) is 10.3. The Morgan fingerprint density at radius 2 is 0.697 bits per heavy atom. The molecule has 0 aliphatic rings. The van der Waals surface area contributed by atoms with Crippen LogP contribution in [-0.2, 0) is 4.79 Å². The monoisotopic (exact) mass is 469 g/mol. The molecule has 0 fully saturated rings. The van der Waals surface area contributed by atoms with Crippen molar-refractivity contribution in [2.75, 3.05) is 26.2 Å². The molecule has 0 N–H and O–H groups in total. The molecular weight excluding hydrogens is 406 g/mol. The number of carboxylic acids is 1. The van der Waals surface area contributed by atoms with Gasteiger partial charge in [-0.05, 0) is 46.5 Å². The Labute approximate surface area is 209 Å². The van der Waals surface area contributed by atoms with Crippen molar-refractivity contribution in [1.82, 2.24) is 0 Å². The minimum Gasteiger partial charge on any atom is -0.550 e. The van der Waals surface area contributed by atoms with Crippen LogP contribution >= 0.6 is 0 Å². The summed E-state index contributed by atoms with van der Waals surface area (Å²) in [5.74, 6) is -1.08. The number of hydrogen-bond acceptors (Lipinski definition) is 2. The fraction of sp³-hybridized carbons (Fsp3) is 0.967. The zero-order valence-corrected chi connectivity index (χ0v) is 23.7. The van der Waals surface area contributed by atoms with Crippen LogP contribution < -0.4 is 5.11 Å². The third-order valence-corrected chi connectivity index (χ3v) is 7.31. The van der Waals surface area contributed by atoms with E-state index in [1.807, 2.05) is 0 Å². The molecule has 0 aliphatic carbocycles. The van der Waals surface area contributed by atoms with E-state index >= 15 is 0 Å². The summed E-state index contributed by atoms with van der Waals surface area (Å²) in [6.07, 6.45) is 29.1. The second-order valence-corrected chi connectivity index (χ2v) is 10.3. The summed E-state index contributed by atoms with van der Waals surface area (Å²) in [5, 5.41) is 8.89. The minimum atomic E-state index is -1.08. The lowest BCUT2D eigenvalue weighted by molar-refractivity contribution is -0.925. The second kappa shape index (κ2) is 27.7. The summed E-state index contributed by atoms with van der Waals surface area (Å²) in [5.41, 5.74) is 0. The van der Waals surface area contributed by atoms with Crippen molar-refractivity contribution in [2.24, 2.45) is 0 Å². The van der Waals surface area contributed by atoms with Crippen molar-refractivity contribution in [2.45, 2.75) is 163 Å². The molecule has 3 nitrogen and oxygen atoms in total. The molecule has 0 bridgehead atoms. The summed E-state index contributed by atoms with van der Waals surface area (Å²) in [7, 11) is 0. The summed E-state index contributed by atoms with van der Waals surface area (Å²) >= 11 is 0. The topological polar surface area (TPSA) is 40.1 Å². The number of rotatable bonds is 24. The molecule has 0 aliphatic heterocycles.